The van der Waals surface area contributed by atoms with E-state index >= 15 is 0 Å². The number of aromatic nitrogens is 2. The van der Waals surface area contributed by atoms with Gasteiger partial charge in [0.05, 0.1) is 16.8 Å². The van der Waals surface area contributed by atoms with Crippen LogP contribution in [0.2, 0.25) is 0 Å². The molecule has 0 radical (unpaired) electrons. The summed E-state index contributed by atoms with van der Waals surface area (Å²) in [5.41, 5.74) is -3.69. The third-order valence-corrected chi connectivity index (χ3v) is 2.69. The van der Waals surface area contributed by atoms with Crippen molar-refractivity contribution in [1.82, 2.24) is 9.97 Å². The number of halogens is 6. The predicted molar refractivity (Wildman–Crippen MR) is 62.9 cm³/mol. The average molecular weight is 320 g/mol. The molecule has 0 unspecified atom stereocenters. The third kappa shape index (κ3) is 3.41. The molecule has 0 aliphatic carbocycles. The van der Waals surface area contributed by atoms with Gasteiger partial charge in [-0.2, -0.15) is 26.3 Å². The van der Waals surface area contributed by atoms with Crippen LogP contribution in [-0.4, -0.2) is 16.3 Å². The molecule has 0 bridgehead atoms. The molecule has 2 rings (SSSR count). The Morgan fingerprint density at radius 3 is 1.82 bits per heavy atom. The molecule has 2 aromatic rings. The third-order valence-electron chi connectivity index (χ3n) is 2.69. The Morgan fingerprint density at radius 2 is 1.36 bits per heavy atom. The van der Waals surface area contributed by atoms with Gasteiger partial charge in [-0.25, -0.2) is 9.97 Å². The van der Waals surface area contributed by atoms with Gasteiger partial charge in [-0.15, -0.1) is 0 Å². The van der Waals surface area contributed by atoms with Crippen LogP contribution in [0.25, 0.3) is 11.3 Å². The van der Waals surface area contributed by atoms with Crippen molar-refractivity contribution in [2.24, 2.45) is 0 Å². The highest BCUT2D eigenvalue weighted by molar-refractivity contribution is 5.75. The molecule has 0 amide bonds. The minimum Gasteiger partial charge on any atom is -0.296 e. The number of nitrogens with zero attached hydrogens (tertiary/aromatic N) is 2. The van der Waals surface area contributed by atoms with E-state index in [9.17, 15) is 31.1 Å². The summed E-state index contributed by atoms with van der Waals surface area (Å²) in [5.74, 6) is 0. The van der Waals surface area contributed by atoms with Gasteiger partial charge >= 0.3 is 12.4 Å². The topological polar surface area (TPSA) is 42.9 Å². The van der Waals surface area contributed by atoms with Crippen molar-refractivity contribution in [3.63, 3.8) is 0 Å². The summed E-state index contributed by atoms with van der Waals surface area (Å²) in [5, 5.41) is 0. The van der Waals surface area contributed by atoms with E-state index in [0.717, 1.165) is 12.4 Å². The molecule has 0 N–H and O–H groups in total. The van der Waals surface area contributed by atoms with Crippen molar-refractivity contribution >= 4 is 6.29 Å². The van der Waals surface area contributed by atoms with Crippen molar-refractivity contribution in [3.05, 3.63) is 47.4 Å². The number of carbonyl (C=O) groups excluding carboxylic acids is 1. The molecule has 0 saturated heterocycles. The van der Waals surface area contributed by atoms with Gasteiger partial charge < -0.3 is 0 Å². The monoisotopic (exact) mass is 320 g/mol. The molecule has 3 nitrogen and oxygen atoms in total. The first kappa shape index (κ1) is 15.9. The lowest BCUT2D eigenvalue weighted by atomic mass is 10.0. The van der Waals surface area contributed by atoms with Crippen LogP contribution < -0.4 is 0 Å². The van der Waals surface area contributed by atoms with Crippen LogP contribution in [-0.2, 0) is 12.4 Å². The summed E-state index contributed by atoms with van der Waals surface area (Å²) < 4.78 is 76.4. The number of carbonyl (C=O) groups is 1. The van der Waals surface area contributed by atoms with Crippen LogP contribution >= 0.6 is 0 Å². The van der Waals surface area contributed by atoms with E-state index in [2.05, 4.69) is 9.97 Å². The van der Waals surface area contributed by atoms with E-state index < -0.39 is 29.0 Å². The molecule has 1 aromatic carbocycles. The number of hydrogen-bond donors (Lipinski definition) is 0. The van der Waals surface area contributed by atoms with Gasteiger partial charge in [0.1, 0.15) is 12.0 Å². The summed E-state index contributed by atoms with van der Waals surface area (Å²) in [6.45, 7) is 0. The first-order chi connectivity index (χ1) is 10.1. The highest BCUT2D eigenvalue weighted by Crippen LogP contribution is 2.38. The molecule has 1 aromatic heterocycles. The molecule has 116 valence electrons. The Balaban J connectivity index is 2.67. The fraction of sp³-hybridized carbons (Fsp3) is 0.154. The standard InChI is InChI=1S/C13H6F6N2O/c14-12(15,16)8-1-7(2-9(3-8)13(17,18)19)11-4-10(5-22)20-6-21-11/h1-6H. The van der Waals surface area contributed by atoms with Gasteiger partial charge in [-0.1, -0.05) is 0 Å². The SMILES string of the molecule is O=Cc1cc(-c2cc(C(F)(F)F)cc(C(F)(F)F)c2)ncn1. The maximum absolute atomic E-state index is 12.7. The predicted octanol–water partition coefficient (Wildman–Crippen LogP) is 3.99. The summed E-state index contributed by atoms with van der Waals surface area (Å²) in [7, 11) is 0. The van der Waals surface area contributed by atoms with Crippen molar-refractivity contribution in [1.29, 1.82) is 0 Å². The van der Waals surface area contributed by atoms with Crippen LogP contribution in [0.1, 0.15) is 21.6 Å². The van der Waals surface area contributed by atoms with Crippen molar-refractivity contribution < 1.29 is 31.1 Å². The van der Waals surface area contributed by atoms with E-state index in [1.165, 1.54) is 0 Å². The Morgan fingerprint density at radius 1 is 0.818 bits per heavy atom. The van der Waals surface area contributed by atoms with Crippen LogP contribution in [0, 0.1) is 0 Å². The Hall–Kier alpha value is -2.45. The van der Waals surface area contributed by atoms with Gasteiger partial charge in [0.25, 0.3) is 0 Å². The molecule has 1 heterocycles. The second-order valence-corrected chi connectivity index (χ2v) is 4.24. The molecule has 0 fully saturated rings. The lowest BCUT2D eigenvalue weighted by Crippen LogP contribution is -2.11. The molecular weight excluding hydrogens is 314 g/mol. The van der Waals surface area contributed by atoms with Gasteiger partial charge in [-0.3, -0.25) is 4.79 Å². The first-order valence-corrected chi connectivity index (χ1v) is 5.68. The van der Waals surface area contributed by atoms with Gasteiger partial charge in [0.15, 0.2) is 6.29 Å². The second-order valence-electron chi connectivity index (χ2n) is 4.24. The normalized spacial score (nSPS) is 12.3. The van der Waals surface area contributed by atoms with Crippen LogP contribution in [0.3, 0.4) is 0 Å². The maximum atomic E-state index is 12.7. The Bertz CT molecular complexity index is 676. The highest BCUT2D eigenvalue weighted by atomic mass is 19.4. The number of benzene rings is 1. The summed E-state index contributed by atoms with van der Waals surface area (Å²) >= 11 is 0. The quantitative estimate of drug-likeness (QED) is 0.620. The van der Waals surface area contributed by atoms with E-state index in [1.807, 2.05) is 0 Å². The van der Waals surface area contributed by atoms with Crippen molar-refractivity contribution in [2.75, 3.05) is 0 Å². The number of rotatable bonds is 2. The zero-order chi connectivity index (χ0) is 16.5. The molecule has 0 aliphatic heterocycles. The molecule has 0 atom stereocenters. The molecule has 9 heteroatoms. The molecule has 0 aliphatic rings. The van der Waals surface area contributed by atoms with Gasteiger partial charge in [0, 0.05) is 5.56 Å². The van der Waals surface area contributed by atoms with Gasteiger partial charge in [-0.05, 0) is 24.3 Å². The Kier molecular flexibility index (Phi) is 3.90. The first-order valence-electron chi connectivity index (χ1n) is 5.68. The van der Waals surface area contributed by atoms with E-state index in [1.54, 1.807) is 0 Å². The number of alkyl halides is 6. The summed E-state index contributed by atoms with van der Waals surface area (Å²) in [6.07, 6.45) is -8.71. The van der Waals surface area contributed by atoms with Crippen molar-refractivity contribution in [2.45, 2.75) is 12.4 Å². The highest BCUT2D eigenvalue weighted by Gasteiger charge is 2.37. The fourth-order valence-corrected chi connectivity index (χ4v) is 1.70. The minimum atomic E-state index is -4.95. The lowest BCUT2D eigenvalue weighted by molar-refractivity contribution is -0.143. The molecular formula is C13H6F6N2O. The van der Waals surface area contributed by atoms with Crippen LogP contribution in [0.15, 0.2) is 30.6 Å². The zero-order valence-corrected chi connectivity index (χ0v) is 10.5. The van der Waals surface area contributed by atoms with Crippen molar-refractivity contribution in [3.8, 4) is 11.3 Å². The van der Waals surface area contributed by atoms with Gasteiger partial charge in [0.2, 0.25) is 0 Å². The Labute approximate surface area is 119 Å². The average Bonchev–Trinajstić information content (AvgIpc) is 2.45. The van der Waals surface area contributed by atoms with Crippen LogP contribution in [0.5, 0.6) is 0 Å². The number of aldehydes is 1. The van der Waals surface area contributed by atoms with E-state index in [4.69, 9.17) is 0 Å². The molecule has 0 saturated carbocycles. The smallest absolute Gasteiger partial charge is 0.296 e. The second kappa shape index (κ2) is 5.39. The summed E-state index contributed by atoms with van der Waals surface area (Å²) in [6, 6.07) is 2.09. The lowest BCUT2D eigenvalue weighted by Gasteiger charge is -2.14. The molecule has 0 spiro atoms. The fourth-order valence-electron chi connectivity index (χ4n) is 1.70. The maximum Gasteiger partial charge on any atom is 0.416 e. The van der Waals surface area contributed by atoms with Crippen LogP contribution in [0.4, 0.5) is 26.3 Å². The largest absolute Gasteiger partial charge is 0.416 e. The van der Waals surface area contributed by atoms with E-state index in [-0.39, 0.29) is 17.5 Å². The summed E-state index contributed by atoms with van der Waals surface area (Å²) in [4.78, 5) is 17.7. The van der Waals surface area contributed by atoms with E-state index in [0.29, 0.717) is 18.4 Å². The molecule has 22 heavy (non-hydrogen) atoms. The zero-order valence-electron chi connectivity index (χ0n) is 10.5. The minimum absolute atomic E-state index is 0.0192. The number of hydrogen-bond acceptors (Lipinski definition) is 3.